The summed E-state index contributed by atoms with van der Waals surface area (Å²) in [6.45, 7) is 1.57. The third-order valence-corrected chi connectivity index (χ3v) is 4.17. The van der Waals surface area contributed by atoms with Crippen molar-refractivity contribution in [2.75, 3.05) is 0 Å². The molecular weight excluding hydrogens is 242 g/mol. The van der Waals surface area contributed by atoms with Crippen molar-refractivity contribution < 1.29 is 9.90 Å². The van der Waals surface area contributed by atoms with E-state index >= 15 is 0 Å². The Morgan fingerprint density at radius 3 is 2.92 bits per heavy atom. The molecule has 0 radical (unpaired) electrons. The van der Waals surface area contributed by atoms with E-state index in [1.807, 2.05) is 0 Å². The van der Waals surface area contributed by atoms with Crippen LogP contribution in [-0.2, 0) is 13.1 Å². The average Bonchev–Trinajstić information content (AvgIpc) is 2.53. The highest BCUT2D eigenvalue weighted by molar-refractivity contribution is 9.10. The van der Waals surface area contributed by atoms with Gasteiger partial charge in [-0.05, 0) is 21.5 Å². The number of carboxylic acid groups (broad SMARTS) is 1. The van der Waals surface area contributed by atoms with Crippen molar-refractivity contribution in [2.45, 2.75) is 13.1 Å². The van der Waals surface area contributed by atoms with Gasteiger partial charge in [0, 0.05) is 22.4 Å². The summed E-state index contributed by atoms with van der Waals surface area (Å²) in [6, 6.07) is 0. The summed E-state index contributed by atoms with van der Waals surface area (Å²) in [5.41, 5.74) is 1.11. The van der Waals surface area contributed by atoms with Crippen molar-refractivity contribution >= 4 is 33.2 Å². The molecule has 3 nitrogen and oxygen atoms in total. The molecule has 0 bridgehead atoms. The molecular formula is C7H6BrNO2S. The second-order valence-electron chi connectivity index (χ2n) is 2.56. The zero-order valence-electron chi connectivity index (χ0n) is 6.06. The van der Waals surface area contributed by atoms with Gasteiger partial charge in [-0.1, -0.05) is 0 Å². The van der Waals surface area contributed by atoms with Gasteiger partial charge in [-0.3, -0.25) is 0 Å². The molecule has 2 rings (SSSR count). The van der Waals surface area contributed by atoms with Crippen LogP contribution in [0.2, 0.25) is 0 Å². The number of carbonyl (C=O) groups is 1. The molecule has 1 aliphatic heterocycles. The van der Waals surface area contributed by atoms with Crippen molar-refractivity contribution in [2.24, 2.45) is 0 Å². The van der Waals surface area contributed by atoms with E-state index in [-0.39, 0.29) is 0 Å². The first-order valence-electron chi connectivity index (χ1n) is 3.44. The molecule has 12 heavy (non-hydrogen) atoms. The number of hydrogen-bond acceptors (Lipinski definition) is 3. The fourth-order valence-corrected chi connectivity index (χ4v) is 3.19. The Kier molecular flexibility index (Phi) is 1.94. The van der Waals surface area contributed by atoms with Gasteiger partial charge in [-0.25, -0.2) is 4.79 Å². The molecule has 0 fully saturated rings. The average molecular weight is 248 g/mol. The van der Waals surface area contributed by atoms with Crippen molar-refractivity contribution in [1.82, 2.24) is 5.32 Å². The van der Waals surface area contributed by atoms with Crippen LogP contribution in [0.4, 0.5) is 0 Å². The molecule has 1 aromatic rings. The van der Waals surface area contributed by atoms with Crippen LogP contribution in [0.3, 0.4) is 0 Å². The summed E-state index contributed by atoms with van der Waals surface area (Å²) in [5.74, 6) is -0.846. The van der Waals surface area contributed by atoms with Gasteiger partial charge in [-0.15, -0.1) is 11.3 Å². The number of fused-ring (bicyclic) bond motifs is 1. The molecule has 0 unspecified atom stereocenters. The summed E-state index contributed by atoms with van der Waals surface area (Å²) in [4.78, 5) is 12.2. The predicted octanol–water partition coefficient (Wildman–Crippen LogP) is 1.81. The minimum absolute atomic E-state index is 0.418. The molecule has 0 aromatic carbocycles. The van der Waals surface area contributed by atoms with Crippen molar-refractivity contribution in [1.29, 1.82) is 0 Å². The summed E-state index contributed by atoms with van der Waals surface area (Å²) in [6.07, 6.45) is 0. The number of halogens is 1. The van der Waals surface area contributed by atoms with Crippen LogP contribution in [0.1, 0.15) is 20.1 Å². The van der Waals surface area contributed by atoms with E-state index in [9.17, 15) is 4.79 Å². The van der Waals surface area contributed by atoms with Gasteiger partial charge in [0.05, 0.1) is 0 Å². The van der Waals surface area contributed by atoms with Crippen LogP contribution in [0.15, 0.2) is 4.47 Å². The maximum atomic E-state index is 10.7. The van der Waals surface area contributed by atoms with E-state index < -0.39 is 5.97 Å². The molecule has 0 saturated heterocycles. The molecule has 1 aliphatic rings. The molecule has 0 saturated carbocycles. The molecule has 0 aliphatic carbocycles. The molecule has 2 heterocycles. The lowest BCUT2D eigenvalue weighted by Gasteiger charge is -1.92. The number of rotatable bonds is 1. The normalized spacial score (nSPS) is 14.8. The smallest absolute Gasteiger partial charge is 0.347 e. The predicted molar refractivity (Wildman–Crippen MR) is 49.5 cm³/mol. The Bertz CT molecular complexity index is 347. The van der Waals surface area contributed by atoms with Crippen LogP contribution >= 0.6 is 27.3 Å². The first-order valence-corrected chi connectivity index (χ1v) is 5.05. The highest BCUT2D eigenvalue weighted by atomic mass is 79.9. The largest absolute Gasteiger partial charge is 0.477 e. The molecule has 0 amide bonds. The lowest BCUT2D eigenvalue weighted by atomic mass is 10.3. The van der Waals surface area contributed by atoms with Crippen molar-refractivity contribution in [3.05, 3.63) is 19.8 Å². The molecule has 1 aromatic heterocycles. The number of aromatic carboxylic acids is 1. The quantitative estimate of drug-likeness (QED) is 0.796. The van der Waals surface area contributed by atoms with Gasteiger partial charge in [0.2, 0.25) is 0 Å². The molecule has 2 N–H and O–H groups in total. The van der Waals surface area contributed by atoms with E-state index in [1.165, 1.54) is 11.3 Å². The SMILES string of the molecule is O=C(O)c1sc2c(c1Br)CNC2. The maximum absolute atomic E-state index is 10.7. The minimum atomic E-state index is -0.846. The molecule has 0 spiro atoms. The zero-order valence-corrected chi connectivity index (χ0v) is 8.46. The second kappa shape index (κ2) is 2.83. The lowest BCUT2D eigenvalue weighted by Crippen LogP contribution is -2.02. The van der Waals surface area contributed by atoms with Gasteiger partial charge in [0.15, 0.2) is 0 Å². The zero-order chi connectivity index (χ0) is 8.72. The summed E-state index contributed by atoms with van der Waals surface area (Å²) >= 11 is 4.64. The van der Waals surface area contributed by atoms with Crippen molar-refractivity contribution in [3.63, 3.8) is 0 Å². The van der Waals surface area contributed by atoms with Gasteiger partial charge in [0.1, 0.15) is 4.88 Å². The van der Waals surface area contributed by atoms with E-state index in [2.05, 4.69) is 21.2 Å². The standard InChI is InChI=1S/C7H6BrNO2S/c8-5-3-1-9-2-4(3)12-6(5)7(10)11/h9H,1-2H2,(H,10,11). The Balaban J connectivity index is 2.54. The number of thiophene rings is 1. The Morgan fingerprint density at radius 1 is 1.58 bits per heavy atom. The highest BCUT2D eigenvalue weighted by Gasteiger charge is 2.23. The minimum Gasteiger partial charge on any atom is -0.477 e. The van der Waals surface area contributed by atoms with Crippen LogP contribution in [0.5, 0.6) is 0 Å². The van der Waals surface area contributed by atoms with Crippen LogP contribution in [0, 0.1) is 0 Å². The Morgan fingerprint density at radius 2 is 2.33 bits per heavy atom. The highest BCUT2D eigenvalue weighted by Crippen LogP contribution is 2.35. The van der Waals surface area contributed by atoms with Crippen LogP contribution in [0.25, 0.3) is 0 Å². The van der Waals surface area contributed by atoms with Gasteiger partial charge < -0.3 is 10.4 Å². The first-order chi connectivity index (χ1) is 5.70. The van der Waals surface area contributed by atoms with Gasteiger partial charge >= 0.3 is 5.97 Å². The van der Waals surface area contributed by atoms with E-state index in [0.717, 1.165) is 28.0 Å². The summed E-state index contributed by atoms with van der Waals surface area (Å²) in [5, 5.41) is 11.9. The third-order valence-electron chi connectivity index (χ3n) is 1.81. The number of hydrogen-bond donors (Lipinski definition) is 2. The maximum Gasteiger partial charge on any atom is 0.347 e. The van der Waals surface area contributed by atoms with Gasteiger partial charge in [0.25, 0.3) is 0 Å². The topological polar surface area (TPSA) is 49.3 Å². The second-order valence-corrected chi connectivity index (χ2v) is 4.45. The third kappa shape index (κ3) is 1.09. The molecule has 5 heteroatoms. The first kappa shape index (κ1) is 8.22. The fourth-order valence-electron chi connectivity index (χ4n) is 1.25. The monoisotopic (exact) mass is 247 g/mol. The fraction of sp³-hybridized carbons (Fsp3) is 0.286. The van der Waals surface area contributed by atoms with E-state index in [0.29, 0.717) is 4.88 Å². The van der Waals surface area contributed by atoms with Crippen molar-refractivity contribution in [3.8, 4) is 0 Å². The molecule has 0 atom stereocenters. The number of nitrogens with one attached hydrogen (secondary N) is 1. The summed E-state index contributed by atoms with van der Waals surface area (Å²) < 4.78 is 0.750. The lowest BCUT2D eigenvalue weighted by molar-refractivity contribution is 0.0701. The van der Waals surface area contributed by atoms with Gasteiger partial charge in [-0.2, -0.15) is 0 Å². The van der Waals surface area contributed by atoms with Crippen LogP contribution < -0.4 is 5.32 Å². The molecule has 64 valence electrons. The summed E-state index contributed by atoms with van der Waals surface area (Å²) in [7, 11) is 0. The Labute approximate surface area is 81.5 Å². The Hall–Kier alpha value is -0.390. The van der Waals surface area contributed by atoms with E-state index in [1.54, 1.807) is 0 Å². The van der Waals surface area contributed by atoms with Crippen LogP contribution in [-0.4, -0.2) is 11.1 Å². The van der Waals surface area contributed by atoms with E-state index in [4.69, 9.17) is 5.11 Å². The number of carboxylic acids is 1.